The van der Waals surface area contributed by atoms with Crippen LogP contribution in [-0.4, -0.2) is 48.4 Å². The Labute approximate surface area is 185 Å². The predicted octanol–water partition coefficient (Wildman–Crippen LogP) is 4.13. The highest BCUT2D eigenvalue weighted by Gasteiger charge is 2.45. The van der Waals surface area contributed by atoms with E-state index >= 15 is 0 Å². The van der Waals surface area contributed by atoms with Crippen molar-refractivity contribution in [2.75, 3.05) is 30.8 Å². The lowest BCUT2D eigenvalue weighted by Gasteiger charge is -2.38. The van der Waals surface area contributed by atoms with Crippen molar-refractivity contribution in [3.63, 3.8) is 0 Å². The van der Waals surface area contributed by atoms with Crippen molar-refractivity contribution in [1.29, 1.82) is 0 Å². The zero-order valence-corrected chi connectivity index (χ0v) is 17.8. The number of oxime groups is 1. The van der Waals surface area contributed by atoms with Gasteiger partial charge in [0.05, 0.1) is 13.7 Å². The molecule has 0 saturated carbocycles. The molecule has 0 aromatic heterocycles. The summed E-state index contributed by atoms with van der Waals surface area (Å²) in [4.78, 5) is 32.7. The van der Waals surface area contributed by atoms with Gasteiger partial charge in [-0.2, -0.15) is 0 Å². The van der Waals surface area contributed by atoms with E-state index in [1.807, 2.05) is 0 Å². The van der Waals surface area contributed by atoms with Crippen LogP contribution in [0.5, 0.6) is 5.75 Å². The lowest BCUT2D eigenvalue weighted by molar-refractivity contribution is -0.110. The molecule has 9 heteroatoms. The summed E-state index contributed by atoms with van der Waals surface area (Å²) in [6, 6.07) is 13.8. The molecular formula is C22H23ClN4O4. The van der Waals surface area contributed by atoms with E-state index < -0.39 is 5.60 Å². The maximum absolute atomic E-state index is 12.7. The van der Waals surface area contributed by atoms with E-state index in [2.05, 4.69) is 15.8 Å². The van der Waals surface area contributed by atoms with Crippen LogP contribution in [0.3, 0.4) is 0 Å². The predicted molar refractivity (Wildman–Crippen MR) is 119 cm³/mol. The number of nitrogens with one attached hydrogen (secondary N) is 2. The third-order valence-corrected chi connectivity index (χ3v) is 5.62. The number of urea groups is 1. The fourth-order valence-electron chi connectivity index (χ4n) is 3.75. The van der Waals surface area contributed by atoms with Crippen molar-refractivity contribution < 1.29 is 19.2 Å². The van der Waals surface area contributed by atoms with Gasteiger partial charge in [-0.1, -0.05) is 16.8 Å². The molecule has 1 fully saturated rings. The van der Waals surface area contributed by atoms with Gasteiger partial charge in [0.25, 0.3) is 5.91 Å². The number of anilines is 2. The third kappa shape index (κ3) is 4.91. The van der Waals surface area contributed by atoms with Gasteiger partial charge in [-0.25, -0.2) is 4.79 Å². The quantitative estimate of drug-likeness (QED) is 0.744. The van der Waals surface area contributed by atoms with Crippen molar-refractivity contribution in [2.45, 2.75) is 24.9 Å². The molecule has 1 atom stereocenters. The van der Waals surface area contributed by atoms with Gasteiger partial charge in [0.1, 0.15) is 11.5 Å². The maximum Gasteiger partial charge on any atom is 0.321 e. The SMILES string of the molecule is COc1ccc(NC(=O)C2=NO[C@@]3(CCCN(C(=O)Nc4ccc(Cl)cc4)C3)C2)cc1. The molecule has 0 aliphatic carbocycles. The van der Waals surface area contributed by atoms with Crippen molar-refractivity contribution in [1.82, 2.24) is 4.90 Å². The summed E-state index contributed by atoms with van der Waals surface area (Å²) < 4.78 is 5.12. The minimum Gasteiger partial charge on any atom is -0.497 e. The normalized spacial score (nSPS) is 20.1. The fourth-order valence-corrected chi connectivity index (χ4v) is 3.87. The molecule has 0 bridgehead atoms. The van der Waals surface area contributed by atoms with Crippen LogP contribution in [0.15, 0.2) is 53.7 Å². The number of hydrogen-bond donors (Lipinski definition) is 2. The highest BCUT2D eigenvalue weighted by Crippen LogP contribution is 2.34. The molecular weight excluding hydrogens is 420 g/mol. The van der Waals surface area contributed by atoms with Gasteiger partial charge in [0.2, 0.25) is 0 Å². The Bertz CT molecular complexity index is 994. The Kier molecular flexibility index (Phi) is 5.99. The summed E-state index contributed by atoms with van der Waals surface area (Å²) in [5.41, 5.74) is 0.942. The highest BCUT2D eigenvalue weighted by atomic mass is 35.5. The van der Waals surface area contributed by atoms with Crippen LogP contribution in [0.4, 0.5) is 16.2 Å². The molecule has 31 heavy (non-hydrogen) atoms. The highest BCUT2D eigenvalue weighted by molar-refractivity contribution is 6.43. The van der Waals surface area contributed by atoms with Gasteiger partial charge in [0, 0.05) is 29.4 Å². The molecule has 2 heterocycles. The number of amides is 3. The molecule has 8 nitrogen and oxygen atoms in total. The Morgan fingerprint density at radius 2 is 1.77 bits per heavy atom. The molecule has 0 unspecified atom stereocenters. The summed E-state index contributed by atoms with van der Waals surface area (Å²) in [6.45, 7) is 0.965. The van der Waals surface area contributed by atoms with Gasteiger partial charge in [-0.15, -0.1) is 0 Å². The van der Waals surface area contributed by atoms with Gasteiger partial charge < -0.3 is 25.1 Å². The number of methoxy groups -OCH3 is 1. The molecule has 162 valence electrons. The first-order valence-corrected chi connectivity index (χ1v) is 10.4. The second kappa shape index (κ2) is 8.85. The summed E-state index contributed by atoms with van der Waals surface area (Å²) in [5, 5.41) is 10.3. The maximum atomic E-state index is 12.7. The number of piperidine rings is 1. The minimum atomic E-state index is -0.678. The standard InChI is InChI=1S/C22H23ClN4O4/c1-30-18-9-7-16(8-10-18)24-20(28)19-13-22(31-26-19)11-2-12-27(14-22)21(29)25-17-5-3-15(23)4-6-17/h3-10H,2,11-14H2,1H3,(H,24,28)(H,25,29)/t22-/m0/s1. The van der Waals surface area contributed by atoms with Gasteiger partial charge in [-0.05, 0) is 61.4 Å². The number of rotatable bonds is 4. The molecule has 1 saturated heterocycles. The van der Waals surface area contributed by atoms with Crippen LogP contribution in [0.2, 0.25) is 5.02 Å². The molecule has 0 radical (unpaired) electrons. The number of likely N-dealkylation sites (tertiary alicyclic amines) is 1. The largest absolute Gasteiger partial charge is 0.497 e. The van der Waals surface area contributed by atoms with Crippen molar-refractivity contribution in [3.05, 3.63) is 53.6 Å². The molecule has 2 aliphatic heterocycles. The monoisotopic (exact) mass is 442 g/mol. The Hall–Kier alpha value is -3.26. The number of nitrogens with zero attached hydrogens (tertiary/aromatic N) is 2. The molecule has 1 spiro atoms. The second-order valence-corrected chi connectivity index (χ2v) is 8.07. The van der Waals surface area contributed by atoms with E-state index in [0.29, 0.717) is 47.4 Å². The van der Waals surface area contributed by atoms with Crippen LogP contribution in [0.1, 0.15) is 19.3 Å². The third-order valence-electron chi connectivity index (χ3n) is 5.37. The summed E-state index contributed by atoms with van der Waals surface area (Å²) in [6.07, 6.45) is 1.83. The Balaban J connectivity index is 1.35. The average molecular weight is 443 g/mol. The summed E-state index contributed by atoms with van der Waals surface area (Å²) >= 11 is 5.89. The lowest BCUT2D eigenvalue weighted by atomic mass is 9.88. The first-order valence-electron chi connectivity index (χ1n) is 9.98. The van der Waals surface area contributed by atoms with Crippen LogP contribution in [0.25, 0.3) is 0 Å². The van der Waals surface area contributed by atoms with Crippen LogP contribution < -0.4 is 15.4 Å². The Morgan fingerprint density at radius 3 is 2.48 bits per heavy atom. The van der Waals surface area contributed by atoms with Crippen LogP contribution in [0, 0.1) is 0 Å². The zero-order chi connectivity index (χ0) is 21.8. The first kappa shape index (κ1) is 21.0. The number of carbonyl (C=O) groups excluding carboxylic acids is 2. The van der Waals surface area contributed by atoms with Gasteiger partial charge >= 0.3 is 6.03 Å². The fraction of sp³-hybridized carbons (Fsp3) is 0.318. The number of ether oxygens (including phenoxy) is 1. The topological polar surface area (TPSA) is 92.3 Å². The molecule has 2 aliphatic rings. The molecule has 2 aromatic carbocycles. The number of hydrogen-bond acceptors (Lipinski definition) is 5. The van der Waals surface area contributed by atoms with Gasteiger partial charge in [0.15, 0.2) is 5.60 Å². The van der Waals surface area contributed by atoms with Crippen molar-refractivity contribution >= 4 is 40.6 Å². The molecule has 2 N–H and O–H groups in total. The van der Waals surface area contributed by atoms with Crippen molar-refractivity contribution in [3.8, 4) is 5.75 Å². The number of benzene rings is 2. The lowest BCUT2D eigenvalue weighted by Crippen LogP contribution is -2.52. The second-order valence-electron chi connectivity index (χ2n) is 7.63. The van der Waals surface area contributed by atoms with Gasteiger partial charge in [-0.3, -0.25) is 4.79 Å². The van der Waals surface area contributed by atoms with E-state index in [4.69, 9.17) is 21.2 Å². The number of carbonyl (C=O) groups is 2. The van der Waals surface area contributed by atoms with Crippen molar-refractivity contribution in [2.24, 2.45) is 5.16 Å². The molecule has 2 aromatic rings. The molecule has 4 rings (SSSR count). The van der Waals surface area contributed by atoms with E-state index in [0.717, 1.165) is 12.8 Å². The van der Waals surface area contributed by atoms with Crippen LogP contribution >= 0.6 is 11.6 Å². The van der Waals surface area contributed by atoms with E-state index in [1.165, 1.54) is 0 Å². The summed E-state index contributed by atoms with van der Waals surface area (Å²) in [5.74, 6) is 0.391. The smallest absolute Gasteiger partial charge is 0.321 e. The first-order chi connectivity index (χ1) is 15.0. The average Bonchev–Trinajstić information content (AvgIpc) is 3.19. The van der Waals surface area contributed by atoms with E-state index in [1.54, 1.807) is 60.5 Å². The minimum absolute atomic E-state index is 0.221. The summed E-state index contributed by atoms with van der Waals surface area (Å²) in [7, 11) is 1.58. The number of halogens is 1. The van der Waals surface area contributed by atoms with E-state index in [-0.39, 0.29) is 11.9 Å². The Morgan fingerprint density at radius 1 is 1.10 bits per heavy atom. The zero-order valence-electron chi connectivity index (χ0n) is 17.1. The molecule has 3 amide bonds. The van der Waals surface area contributed by atoms with Crippen LogP contribution in [-0.2, 0) is 9.63 Å². The van der Waals surface area contributed by atoms with E-state index in [9.17, 15) is 9.59 Å².